The number of ether oxygens (including phenoxy) is 1. The van der Waals surface area contributed by atoms with Gasteiger partial charge >= 0.3 is 0 Å². The number of aromatic nitrogens is 1. The zero-order chi connectivity index (χ0) is 15.6. The SMILES string of the molecule is Cn1cc(C2N3CCC(CC3)C23CN=CO3)c2cc(F)ccc21. The molecule has 1 aromatic heterocycles. The van der Waals surface area contributed by atoms with Crippen molar-refractivity contribution in [3.05, 3.63) is 35.8 Å². The van der Waals surface area contributed by atoms with Gasteiger partial charge in [0.2, 0.25) is 0 Å². The van der Waals surface area contributed by atoms with Crippen molar-refractivity contribution in [1.29, 1.82) is 0 Å². The molecule has 2 atom stereocenters. The maximum absolute atomic E-state index is 13.9. The zero-order valence-electron chi connectivity index (χ0n) is 13.2. The van der Waals surface area contributed by atoms with Crippen LogP contribution in [0.25, 0.3) is 10.9 Å². The van der Waals surface area contributed by atoms with E-state index >= 15 is 0 Å². The van der Waals surface area contributed by atoms with E-state index in [9.17, 15) is 4.39 Å². The number of benzene rings is 1. The van der Waals surface area contributed by atoms with Crippen LogP contribution in [0.4, 0.5) is 4.39 Å². The van der Waals surface area contributed by atoms with Crippen molar-refractivity contribution in [3.63, 3.8) is 0 Å². The van der Waals surface area contributed by atoms with E-state index in [0.29, 0.717) is 12.5 Å². The van der Waals surface area contributed by atoms with Crippen molar-refractivity contribution in [2.75, 3.05) is 19.6 Å². The minimum absolute atomic E-state index is 0.156. The van der Waals surface area contributed by atoms with Crippen LogP contribution in [0.1, 0.15) is 24.4 Å². The molecule has 2 unspecified atom stereocenters. The highest BCUT2D eigenvalue weighted by Gasteiger charge is 2.57. The molecule has 4 nitrogen and oxygen atoms in total. The Kier molecular flexibility index (Phi) is 2.69. The van der Waals surface area contributed by atoms with Crippen molar-refractivity contribution in [3.8, 4) is 0 Å². The van der Waals surface area contributed by atoms with Gasteiger partial charge in [0.15, 0.2) is 12.0 Å². The van der Waals surface area contributed by atoms with Crippen molar-refractivity contribution >= 4 is 17.3 Å². The number of fused-ring (bicyclic) bond motifs is 3. The second-order valence-corrected chi connectivity index (χ2v) is 7.09. The highest BCUT2D eigenvalue weighted by Crippen LogP contribution is 2.52. The van der Waals surface area contributed by atoms with Crippen LogP contribution in [0.3, 0.4) is 0 Å². The number of aryl methyl sites for hydroxylation is 1. The predicted molar refractivity (Wildman–Crippen MR) is 87.1 cm³/mol. The second kappa shape index (κ2) is 4.57. The molecule has 0 radical (unpaired) electrons. The fourth-order valence-electron chi connectivity index (χ4n) is 4.98. The minimum Gasteiger partial charge on any atom is -0.473 e. The molecule has 23 heavy (non-hydrogen) atoms. The number of piperidine rings is 3. The average molecular weight is 313 g/mol. The van der Waals surface area contributed by atoms with E-state index in [1.807, 2.05) is 13.1 Å². The minimum atomic E-state index is -0.267. The summed E-state index contributed by atoms with van der Waals surface area (Å²) in [7, 11) is 2.03. The van der Waals surface area contributed by atoms with Crippen LogP contribution in [-0.4, -0.2) is 41.1 Å². The molecule has 2 bridgehead atoms. The molecular weight excluding hydrogens is 293 g/mol. The number of halogens is 1. The molecule has 1 spiro atoms. The van der Waals surface area contributed by atoms with Crippen LogP contribution in [-0.2, 0) is 11.8 Å². The van der Waals surface area contributed by atoms with Crippen LogP contribution in [0.15, 0.2) is 29.4 Å². The average Bonchev–Trinajstić information content (AvgIpc) is 3.15. The molecule has 5 heteroatoms. The molecule has 5 heterocycles. The Balaban J connectivity index is 1.72. The molecule has 1 aromatic carbocycles. The van der Waals surface area contributed by atoms with E-state index < -0.39 is 0 Å². The van der Waals surface area contributed by atoms with Crippen LogP contribution in [0, 0.1) is 11.7 Å². The largest absolute Gasteiger partial charge is 0.473 e. The first-order chi connectivity index (χ1) is 11.2. The zero-order valence-corrected chi connectivity index (χ0v) is 13.2. The van der Waals surface area contributed by atoms with Crippen molar-refractivity contribution < 1.29 is 9.13 Å². The van der Waals surface area contributed by atoms with Gasteiger partial charge in [-0.1, -0.05) is 0 Å². The molecule has 0 N–H and O–H groups in total. The first kappa shape index (κ1) is 13.5. The lowest BCUT2D eigenvalue weighted by molar-refractivity contribution is -0.129. The van der Waals surface area contributed by atoms with Gasteiger partial charge in [-0.3, -0.25) is 9.89 Å². The number of aliphatic imine (C=N–C) groups is 1. The summed E-state index contributed by atoms with van der Waals surface area (Å²) in [5, 5.41) is 1.000. The van der Waals surface area contributed by atoms with Crippen LogP contribution in [0.5, 0.6) is 0 Å². The third-order valence-corrected chi connectivity index (χ3v) is 6.01. The topological polar surface area (TPSA) is 29.8 Å². The van der Waals surface area contributed by atoms with Gasteiger partial charge in [-0.2, -0.15) is 0 Å². The Bertz CT molecular complexity index is 796. The standard InChI is InChI=1S/C18H20FN3O/c1-21-9-15(14-8-13(19)2-3-16(14)21)17-18(10-20-11-23-18)12-4-6-22(17)7-5-12/h2-3,8-9,11-12,17H,4-7,10H2,1H3. The normalized spacial score (nSPS) is 35.3. The van der Waals surface area contributed by atoms with Crippen LogP contribution >= 0.6 is 0 Å². The molecule has 0 amide bonds. The number of rotatable bonds is 1. The molecular formula is C18H20FN3O. The van der Waals surface area contributed by atoms with Gasteiger partial charge in [-0.15, -0.1) is 0 Å². The van der Waals surface area contributed by atoms with E-state index in [1.165, 1.54) is 24.5 Å². The fourth-order valence-corrected chi connectivity index (χ4v) is 4.98. The van der Waals surface area contributed by atoms with E-state index in [-0.39, 0.29) is 17.5 Å². The molecule has 4 aliphatic heterocycles. The molecule has 4 aliphatic rings. The summed E-state index contributed by atoms with van der Waals surface area (Å²) in [6, 6.07) is 5.22. The van der Waals surface area contributed by atoms with Gasteiger partial charge in [0, 0.05) is 30.1 Å². The fraction of sp³-hybridized carbons (Fsp3) is 0.500. The van der Waals surface area contributed by atoms with Gasteiger partial charge in [-0.25, -0.2) is 4.39 Å². The summed E-state index contributed by atoms with van der Waals surface area (Å²) in [4.78, 5) is 6.91. The van der Waals surface area contributed by atoms with Gasteiger partial charge in [-0.05, 0) is 49.7 Å². The van der Waals surface area contributed by atoms with E-state index in [2.05, 4.69) is 20.7 Å². The number of nitrogens with zero attached hydrogens (tertiary/aromatic N) is 3. The molecule has 0 aliphatic carbocycles. The van der Waals surface area contributed by atoms with Crippen LogP contribution in [0.2, 0.25) is 0 Å². The molecule has 6 rings (SSSR count). The maximum Gasteiger partial charge on any atom is 0.170 e. The second-order valence-electron chi connectivity index (χ2n) is 7.09. The lowest BCUT2D eigenvalue weighted by atomic mass is 9.68. The highest BCUT2D eigenvalue weighted by atomic mass is 19.1. The first-order valence-corrected chi connectivity index (χ1v) is 8.34. The number of hydrogen-bond donors (Lipinski definition) is 0. The summed E-state index contributed by atoms with van der Waals surface area (Å²) in [6.07, 6.45) is 6.11. The lowest BCUT2D eigenvalue weighted by Gasteiger charge is -2.55. The van der Waals surface area contributed by atoms with Gasteiger partial charge in [0.25, 0.3) is 0 Å². The van der Waals surface area contributed by atoms with Crippen molar-refractivity contribution in [2.24, 2.45) is 18.0 Å². The highest BCUT2D eigenvalue weighted by molar-refractivity contribution is 5.85. The summed E-state index contributed by atoms with van der Waals surface area (Å²) in [5.74, 6) is 0.349. The van der Waals surface area contributed by atoms with Crippen molar-refractivity contribution in [2.45, 2.75) is 24.5 Å². The quantitative estimate of drug-likeness (QED) is 0.810. The summed E-state index contributed by atoms with van der Waals surface area (Å²) >= 11 is 0. The Morgan fingerprint density at radius 1 is 1.30 bits per heavy atom. The van der Waals surface area contributed by atoms with E-state index in [4.69, 9.17) is 4.74 Å². The van der Waals surface area contributed by atoms with Gasteiger partial charge < -0.3 is 9.30 Å². The molecule has 2 aromatic rings. The van der Waals surface area contributed by atoms with Crippen molar-refractivity contribution in [1.82, 2.24) is 9.47 Å². The first-order valence-electron chi connectivity index (χ1n) is 8.34. The lowest BCUT2D eigenvalue weighted by Crippen LogP contribution is -2.62. The monoisotopic (exact) mass is 313 g/mol. The third-order valence-electron chi connectivity index (χ3n) is 6.01. The molecule has 3 fully saturated rings. The summed E-state index contributed by atoms with van der Waals surface area (Å²) in [5.41, 5.74) is 1.98. The molecule has 3 saturated heterocycles. The van der Waals surface area contributed by atoms with E-state index in [1.54, 1.807) is 12.5 Å². The third kappa shape index (κ3) is 1.71. The molecule has 120 valence electrons. The molecule has 0 saturated carbocycles. The predicted octanol–water partition coefficient (Wildman–Crippen LogP) is 2.88. The smallest absolute Gasteiger partial charge is 0.170 e. The van der Waals surface area contributed by atoms with E-state index in [0.717, 1.165) is 24.0 Å². The summed E-state index contributed by atoms with van der Waals surface area (Å²) < 4.78 is 22.1. The Morgan fingerprint density at radius 3 is 2.87 bits per heavy atom. The Morgan fingerprint density at radius 2 is 2.13 bits per heavy atom. The maximum atomic E-state index is 13.9. The number of hydrogen-bond acceptors (Lipinski definition) is 3. The Hall–Kier alpha value is -1.88. The summed E-state index contributed by atoms with van der Waals surface area (Å²) in [6.45, 7) is 2.89. The Labute approximate surface area is 134 Å². The van der Waals surface area contributed by atoms with Gasteiger partial charge in [0.1, 0.15) is 5.82 Å². The van der Waals surface area contributed by atoms with Crippen LogP contribution < -0.4 is 0 Å². The van der Waals surface area contributed by atoms with Gasteiger partial charge in [0.05, 0.1) is 12.6 Å².